The van der Waals surface area contributed by atoms with Crippen LogP contribution in [0.4, 0.5) is 0 Å². The summed E-state index contributed by atoms with van der Waals surface area (Å²) < 4.78 is 0. The van der Waals surface area contributed by atoms with E-state index in [1.54, 1.807) is 6.34 Å². The average Bonchev–Trinajstić information content (AvgIpc) is 3.04. The molecule has 17 heavy (non-hydrogen) atoms. The van der Waals surface area contributed by atoms with E-state index in [-0.39, 0.29) is 0 Å². The molecule has 2 heterocycles. The summed E-state index contributed by atoms with van der Waals surface area (Å²) >= 11 is 0. The molecule has 0 amide bonds. The highest BCUT2D eigenvalue weighted by Gasteiger charge is 2.12. The fraction of sp³-hybridized carbons (Fsp3) is 0.385. The first kappa shape index (κ1) is 11.6. The normalized spacial score (nSPS) is 21.0. The molecule has 0 radical (unpaired) electrons. The van der Waals surface area contributed by atoms with Gasteiger partial charge in [0, 0.05) is 18.2 Å². The van der Waals surface area contributed by atoms with Crippen LogP contribution in [0.15, 0.2) is 40.3 Å². The summed E-state index contributed by atoms with van der Waals surface area (Å²) in [6.07, 6.45) is 1.74. The fourth-order valence-corrected chi connectivity index (χ4v) is 1.65. The third-order valence-electron chi connectivity index (χ3n) is 2.52. The van der Waals surface area contributed by atoms with E-state index >= 15 is 0 Å². The molecule has 2 aliphatic rings. The van der Waals surface area contributed by atoms with E-state index in [2.05, 4.69) is 39.7 Å². The zero-order valence-electron chi connectivity index (χ0n) is 10.1. The number of benzene rings is 1. The summed E-state index contributed by atoms with van der Waals surface area (Å²) in [6, 6.07) is 10.7. The van der Waals surface area contributed by atoms with Crippen LogP contribution in [0.2, 0.25) is 0 Å². The van der Waals surface area contributed by atoms with Crippen molar-refractivity contribution in [3.8, 4) is 0 Å². The van der Waals surface area contributed by atoms with Crippen LogP contribution in [0.1, 0.15) is 12.5 Å². The Balaban J connectivity index is 0.000000181. The van der Waals surface area contributed by atoms with E-state index in [4.69, 9.17) is 0 Å². The fourth-order valence-electron chi connectivity index (χ4n) is 1.65. The first-order valence-corrected chi connectivity index (χ1v) is 5.94. The van der Waals surface area contributed by atoms with E-state index in [1.807, 2.05) is 18.2 Å². The second kappa shape index (κ2) is 6.03. The van der Waals surface area contributed by atoms with Gasteiger partial charge in [-0.25, -0.2) is 0 Å². The Morgan fingerprint density at radius 1 is 1.24 bits per heavy atom. The van der Waals surface area contributed by atoms with Crippen LogP contribution in [0.5, 0.6) is 0 Å². The molecule has 0 aliphatic carbocycles. The molecule has 4 heteroatoms. The zero-order chi connectivity index (χ0) is 11.9. The molecule has 0 saturated carbocycles. The minimum Gasteiger partial charge on any atom is -0.375 e. The lowest BCUT2D eigenvalue weighted by Crippen LogP contribution is -2.27. The van der Waals surface area contributed by atoms with Gasteiger partial charge in [0.15, 0.2) is 0 Å². The Bertz CT molecular complexity index is 391. The largest absolute Gasteiger partial charge is 0.375 e. The summed E-state index contributed by atoms with van der Waals surface area (Å²) in [5, 5.41) is 6.25. The lowest BCUT2D eigenvalue weighted by atomic mass is 10.2. The molecule has 90 valence electrons. The number of amidine groups is 1. The van der Waals surface area contributed by atoms with E-state index in [0.29, 0.717) is 6.04 Å². The van der Waals surface area contributed by atoms with Crippen LogP contribution in [-0.2, 0) is 0 Å². The molecule has 0 spiro atoms. The molecule has 0 saturated heterocycles. The predicted octanol–water partition coefficient (Wildman–Crippen LogP) is 1.04. The van der Waals surface area contributed by atoms with Crippen LogP contribution < -0.4 is 10.6 Å². The highest BCUT2D eigenvalue weighted by atomic mass is 15.1. The number of hydrogen-bond donors (Lipinski definition) is 2. The summed E-state index contributed by atoms with van der Waals surface area (Å²) in [4.78, 5) is 8.24. The van der Waals surface area contributed by atoms with Gasteiger partial charge in [0.1, 0.15) is 5.84 Å². The molecule has 0 bridgehead atoms. The van der Waals surface area contributed by atoms with Gasteiger partial charge in [-0.1, -0.05) is 30.3 Å². The Labute approximate surface area is 102 Å². The van der Waals surface area contributed by atoms with Gasteiger partial charge in [-0.05, 0) is 6.92 Å². The third kappa shape index (κ3) is 3.59. The van der Waals surface area contributed by atoms with Crippen LogP contribution >= 0.6 is 0 Å². The van der Waals surface area contributed by atoms with Crippen molar-refractivity contribution in [3.05, 3.63) is 35.9 Å². The minimum absolute atomic E-state index is 0.486. The van der Waals surface area contributed by atoms with E-state index in [9.17, 15) is 0 Å². The number of aliphatic imine (C=N–C) groups is 2. The first-order chi connectivity index (χ1) is 8.36. The molecule has 1 atom stereocenters. The van der Waals surface area contributed by atoms with Crippen molar-refractivity contribution in [1.29, 1.82) is 0 Å². The summed E-state index contributed by atoms with van der Waals surface area (Å²) in [5.74, 6) is 1.03. The van der Waals surface area contributed by atoms with Gasteiger partial charge in [-0.2, -0.15) is 0 Å². The maximum atomic E-state index is 4.39. The highest BCUT2D eigenvalue weighted by Crippen LogP contribution is 2.04. The molecule has 2 aliphatic heterocycles. The second-order valence-electron chi connectivity index (χ2n) is 4.09. The quantitative estimate of drug-likeness (QED) is 0.757. The van der Waals surface area contributed by atoms with Crippen LogP contribution in [-0.4, -0.2) is 37.9 Å². The number of rotatable bonds is 1. The Morgan fingerprint density at radius 2 is 2.06 bits per heavy atom. The molecular weight excluding hydrogens is 212 g/mol. The van der Waals surface area contributed by atoms with Crippen molar-refractivity contribution >= 4 is 12.2 Å². The molecule has 1 aromatic carbocycles. The molecule has 0 aromatic heterocycles. The van der Waals surface area contributed by atoms with Crippen LogP contribution in [0, 0.1) is 0 Å². The molecule has 2 N–H and O–H groups in total. The van der Waals surface area contributed by atoms with Crippen LogP contribution in [0.25, 0.3) is 0 Å². The van der Waals surface area contributed by atoms with Crippen molar-refractivity contribution in [3.63, 3.8) is 0 Å². The Morgan fingerprint density at radius 3 is 2.53 bits per heavy atom. The van der Waals surface area contributed by atoms with E-state index < -0.39 is 0 Å². The molecule has 1 aromatic rings. The molecule has 3 rings (SSSR count). The summed E-state index contributed by atoms with van der Waals surface area (Å²) in [6.45, 7) is 5.02. The maximum absolute atomic E-state index is 4.39. The second-order valence-corrected chi connectivity index (χ2v) is 4.09. The molecule has 0 fully saturated rings. The third-order valence-corrected chi connectivity index (χ3v) is 2.52. The van der Waals surface area contributed by atoms with Gasteiger partial charge in [-0.3, -0.25) is 9.98 Å². The van der Waals surface area contributed by atoms with Crippen molar-refractivity contribution in [2.45, 2.75) is 13.0 Å². The average molecular weight is 230 g/mol. The highest BCUT2D eigenvalue weighted by molar-refractivity contribution is 5.99. The van der Waals surface area contributed by atoms with Crippen molar-refractivity contribution in [2.75, 3.05) is 19.6 Å². The molecular formula is C13H18N4. The smallest absolute Gasteiger partial charge is 0.128 e. The molecule has 1 unspecified atom stereocenters. The molecule has 4 nitrogen and oxygen atoms in total. The Hall–Kier alpha value is -1.84. The topological polar surface area (TPSA) is 48.8 Å². The zero-order valence-corrected chi connectivity index (χ0v) is 10.1. The lowest BCUT2D eigenvalue weighted by Gasteiger charge is -2.04. The lowest BCUT2D eigenvalue weighted by molar-refractivity contribution is 0.726. The number of hydrogen-bond acceptors (Lipinski definition) is 4. The van der Waals surface area contributed by atoms with Crippen molar-refractivity contribution < 1.29 is 0 Å². The van der Waals surface area contributed by atoms with E-state index in [1.165, 1.54) is 5.56 Å². The van der Waals surface area contributed by atoms with Crippen molar-refractivity contribution in [2.24, 2.45) is 9.98 Å². The van der Waals surface area contributed by atoms with Gasteiger partial charge in [-0.15, -0.1) is 0 Å². The monoisotopic (exact) mass is 230 g/mol. The van der Waals surface area contributed by atoms with Gasteiger partial charge < -0.3 is 10.6 Å². The first-order valence-electron chi connectivity index (χ1n) is 5.94. The summed E-state index contributed by atoms with van der Waals surface area (Å²) in [5.41, 5.74) is 1.18. The van der Waals surface area contributed by atoms with Gasteiger partial charge in [0.05, 0.1) is 19.4 Å². The number of nitrogens with one attached hydrogen (secondary N) is 2. The minimum atomic E-state index is 0.486. The Kier molecular flexibility index (Phi) is 4.13. The maximum Gasteiger partial charge on any atom is 0.128 e. The number of nitrogens with zero attached hydrogens (tertiary/aromatic N) is 2. The van der Waals surface area contributed by atoms with Gasteiger partial charge >= 0.3 is 0 Å². The van der Waals surface area contributed by atoms with Gasteiger partial charge in [0.2, 0.25) is 0 Å². The SMILES string of the molecule is C1=NCCN1.CC1CN=C(c2ccccc2)N1. The predicted molar refractivity (Wildman–Crippen MR) is 71.8 cm³/mol. The summed E-state index contributed by atoms with van der Waals surface area (Å²) in [7, 11) is 0. The van der Waals surface area contributed by atoms with Crippen molar-refractivity contribution in [1.82, 2.24) is 10.6 Å². The van der Waals surface area contributed by atoms with E-state index in [0.717, 1.165) is 25.5 Å². The van der Waals surface area contributed by atoms with Crippen LogP contribution in [0.3, 0.4) is 0 Å². The standard InChI is InChI=1S/C10H12N2.C3H6N2/c1-8-7-11-10(12-8)9-5-3-2-4-6-9;1-2-5-3-4-1/h2-6,8H,7H2,1H3,(H,11,12);3H,1-2H2,(H,4,5). The van der Waals surface area contributed by atoms with Gasteiger partial charge in [0.25, 0.3) is 0 Å².